The molecule has 0 heterocycles. The van der Waals surface area contributed by atoms with Gasteiger partial charge in [0.15, 0.2) is 0 Å². The second-order valence-electron chi connectivity index (χ2n) is 6.60. The first-order valence-electron chi connectivity index (χ1n) is 7.81. The normalized spacial score (nSPS) is 13.5. The van der Waals surface area contributed by atoms with E-state index in [0.717, 1.165) is 6.54 Å². The SMILES string of the molecule is CCCNC(CCCCc1ccccc1)C(C)(C)C. The van der Waals surface area contributed by atoms with Crippen LogP contribution in [0.4, 0.5) is 0 Å². The van der Waals surface area contributed by atoms with Crippen molar-refractivity contribution in [2.75, 3.05) is 6.54 Å². The first-order valence-corrected chi connectivity index (χ1v) is 7.81. The van der Waals surface area contributed by atoms with Crippen molar-refractivity contribution in [2.45, 2.75) is 65.8 Å². The Bertz CT molecular complexity index is 323. The van der Waals surface area contributed by atoms with Crippen molar-refractivity contribution >= 4 is 0 Å². The van der Waals surface area contributed by atoms with E-state index >= 15 is 0 Å². The van der Waals surface area contributed by atoms with Gasteiger partial charge in [0.25, 0.3) is 0 Å². The summed E-state index contributed by atoms with van der Waals surface area (Å²) < 4.78 is 0. The monoisotopic (exact) mass is 261 g/mol. The van der Waals surface area contributed by atoms with E-state index in [9.17, 15) is 0 Å². The Morgan fingerprint density at radius 1 is 1.05 bits per heavy atom. The van der Waals surface area contributed by atoms with Crippen LogP contribution >= 0.6 is 0 Å². The van der Waals surface area contributed by atoms with Gasteiger partial charge in [-0.3, -0.25) is 0 Å². The lowest BCUT2D eigenvalue weighted by Crippen LogP contribution is -2.40. The molecule has 0 saturated heterocycles. The lowest BCUT2D eigenvalue weighted by molar-refractivity contribution is 0.250. The molecule has 1 nitrogen and oxygen atoms in total. The molecule has 19 heavy (non-hydrogen) atoms. The van der Waals surface area contributed by atoms with Crippen molar-refractivity contribution in [1.29, 1.82) is 0 Å². The van der Waals surface area contributed by atoms with Crippen LogP contribution in [0, 0.1) is 5.41 Å². The zero-order chi connectivity index (χ0) is 14.1. The Balaban J connectivity index is 2.28. The number of nitrogens with one attached hydrogen (secondary N) is 1. The van der Waals surface area contributed by atoms with Crippen molar-refractivity contribution in [3.8, 4) is 0 Å². The number of unbranched alkanes of at least 4 members (excludes halogenated alkanes) is 1. The van der Waals surface area contributed by atoms with Gasteiger partial charge in [-0.05, 0) is 43.2 Å². The third-order valence-electron chi connectivity index (χ3n) is 3.74. The lowest BCUT2D eigenvalue weighted by atomic mass is 9.83. The average Bonchev–Trinajstić information content (AvgIpc) is 2.37. The van der Waals surface area contributed by atoms with Gasteiger partial charge in [-0.2, -0.15) is 0 Å². The van der Waals surface area contributed by atoms with Gasteiger partial charge in [-0.25, -0.2) is 0 Å². The van der Waals surface area contributed by atoms with Gasteiger partial charge in [-0.15, -0.1) is 0 Å². The van der Waals surface area contributed by atoms with Crippen LogP contribution in [-0.4, -0.2) is 12.6 Å². The molecule has 0 aliphatic heterocycles. The minimum absolute atomic E-state index is 0.363. The maximum Gasteiger partial charge on any atom is 0.0116 e. The first kappa shape index (κ1) is 16.2. The molecule has 1 unspecified atom stereocenters. The highest BCUT2D eigenvalue weighted by Crippen LogP contribution is 2.23. The van der Waals surface area contributed by atoms with Crippen LogP contribution in [0.2, 0.25) is 0 Å². The summed E-state index contributed by atoms with van der Waals surface area (Å²) in [5.41, 5.74) is 1.83. The molecule has 1 aromatic carbocycles. The van der Waals surface area contributed by atoms with Crippen LogP contribution in [-0.2, 0) is 6.42 Å². The minimum Gasteiger partial charge on any atom is -0.313 e. The summed E-state index contributed by atoms with van der Waals surface area (Å²) in [5, 5.41) is 3.71. The zero-order valence-electron chi connectivity index (χ0n) is 13.2. The molecule has 1 rings (SSSR count). The van der Waals surface area contributed by atoms with E-state index in [2.05, 4.69) is 63.3 Å². The van der Waals surface area contributed by atoms with Crippen molar-refractivity contribution < 1.29 is 0 Å². The minimum atomic E-state index is 0.363. The summed E-state index contributed by atoms with van der Waals surface area (Å²) in [4.78, 5) is 0. The molecular formula is C18H31N. The van der Waals surface area contributed by atoms with Crippen LogP contribution < -0.4 is 5.32 Å². The molecule has 0 spiro atoms. The van der Waals surface area contributed by atoms with Gasteiger partial charge in [0.2, 0.25) is 0 Å². The van der Waals surface area contributed by atoms with Gasteiger partial charge in [0.05, 0.1) is 0 Å². The van der Waals surface area contributed by atoms with E-state index in [1.807, 2.05) is 0 Å². The van der Waals surface area contributed by atoms with Gasteiger partial charge >= 0.3 is 0 Å². The molecular weight excluding hydrogens is 230 g/mol. The van der Waals surface area contributed by atoms with E-state index in [0.29, 0.717) is 11.5 Å². The van der Waals surface area contributed by atoms with Crippen molar-refractivity contribution in [1.82, 2.24) is 5.32 Å². The summed E-state index contributed by atoms with van der Waals surface area (Å²) in [7, 11) is 0. The van der Waals surface area contributed by atoms with E-state index in [4.69, 9.17) is 0 Å². The summed E-state index contributed by atoms with van der Waals surface area (Å²) in [6.45, 7) is 10.4. The summed E-state index contributed by atoms with van der Waals surface area (Å²) in [6.07, 6.45) is 6.33. The average molecular weight is 261 g/mol. The number of aryl methyl sites for hydroxylation is 1. The van der Waals surface area contributed by atoms with E-state index < -0.39 is 0 Å². The molecule has 1 atom stereocenters. The topological polar surface area (TPSA) is 12.0 Å². The van der Waals surface area contributed by atoms with Crippen LogP contribution in [0.5, 0.6) is 0 Å². The van der Waals surface area contributed by atoms with Crippen LogP contribution in [0.1, 0.15) is 58.9 Å². The molecule has 0 bridgehead atoms. The van der Waals surface area contributed by atoms with E-state index in [-0.39, 0.29) is 0 Å². The predicted octanol–water partition coefficient (Wildman–Crippen LogP) is 4.81. The maximum atomic E-state index is 3.71. The maximum absolute atomic E-state index is 3.71. The summed E-state index contributed by atoms with van der Waals surface area (Å²) in [5.74, 6) is 0. The smallest absolute Gasteiger partial charge is 0.0116 e. The summed E-state index contributed by atoms with van der Waals surface area (Å²) >= 11 is 0. The third-order valence-corrected chi connectivity index (χ3v) is 3.74. The molecule has 1 N–H and O–H groups in total. The Morgan fingerprint density at radius 3 is 2.32 bits per heavy atom. The van der Waals surface area contributed by atoms with Crippen LogP contribution in [0.3, 0.4) is 0 Å². The summed E-state index contributed by atoms with van der Waals surface area (Å²) in [6, 6.07) is 11.5. The number of rotatable bonds is 8. The Kier molecular flexibility index (Phi) is 7.15. The van der Waals surface area contributed by atoms with E-state index in [1.54, 1.807) is 0 Å². The molecule has 0 aliphatic rings. The predicted molar refractivity (Wildman–Crippen MR) is 85.5 cm³/mol. The lowest BCUT2D eigenvalue weighted by Gasteiger charge is -2.32. The van der Waals surface area contributed by atoms with E-state index in [1.165, 1.54) is 37.7 Å². The molecule has 1 aromatic rings. The number of hydrogen-bond acceptors (Lipinski definition) is 1. The number of hydrogen-bond donors (Lipinski definition) is 1. The molecule has 0 radical (unpaired) electrons. The molecule has 0 amide bonds. The van der Waals surface area contributed by atoms with Gasteiger partial charge in [0.1, 0.15) is 0 Å². The van der Waals surface area contributed by atoms with Gasteiger partial charge < -0.3 is 5.32 Å². The second-order valence-corrected chi connectivity index (χ2v) is 6.60. The van der Waals surface area contributed by atoms with Crippen molar-refractivity contribution in [3.63, 3.8) is 0 Å². The first-order chi connectivity index (χ1) is 9.04. The van der Waals surface area contributed by atoms with Crippen LogP contribution in [0.15, 0.2) is 30.3 Å². The fraction of sp³-hybridized carbons (Fsp3) is 0.667. The highest BCUT2D eigenvalue weighted by molar-refractivity contribution is 5.14. The standard InChI is InChI=1S/C18H31N/c1-5-15-19-17(18(2,3)4)14-10-9-13-16-11-7-6-8-12-16/h6-8,11-12,17,19H,5,9-10,13-15H2,1-4H3. The molecule has 0 aromatic heterocycles. The third kappa shape index (κ3) is 6.77. The number of benzene rings is 1. The Morgan fingerprint density at radius 2 is 1.74 bits per heavy atom. The molecule has 0 saturated carbocycles. The quantitative estimate of drug-likeness (QED) is 0.662. The zero-order valence-corrected chi connectivity index (χ0v) is 13.2. The largest absolute Gasteiger partial charge is 0.313 e. The van der Waals surface area contributed by atoms with Crippen molar-refractivity contribution in [2.24, 2.45) is 5.41 Å². The fourth-order valence-corrected chi connectivity index (χ4v) is 2.48. The molecule has 0 fully saturated rings. The van der Waals surface area contributed by atoms with Crippen LogP contribution in [0.25, 0.3) is 0 Å². The highest BCUT2D eigenvalue weighted by atomic mass is 14.9. The molecule has 1 heteroatoms. The molecule has 108 valence electrons. The van der Waals surface area contributed by atoms with Crippen molar-refractivity contribution in [3.05, 3.63) is 35.9 Å². The Hall–Kier alpha value is -0.820. The highest BCUT2D eigenvalue weighted by Gasteiger charge is 2.22. The second kappa shape index (κ2) is 8.37. The van der Waals surface area contributed by atoms with Gasteiger partial charge in [0, 0.05) is 6.04 Å². The Labute approximate surface area is 119 Å². The molecule has 0 aliphatic carbocycles. The fourth-order valence-electron chi connectivity index (χ4n) is 2.48. The van der Waals surface area contributed by atoms with Gasteiger partial charge in [-0.1, -0.05) is 64.4 Å².